The minimum atomic E-state index is -0.768. The van der Waals surface area contributed by atoms with E-state index in [1.807, 2.05) is 45.0 Å². The Morgan fingerprint density at radius 3 is 2.52 bits per heavy atom. The first-order valence-corrected chi connectivity index (χ1v) is 14.5. The van der Waals surface area contributed by atoms with Crippen molar-refractivity contribution in [2.24, 2.45) is 4.99 Å². The summed E-state index contributed by atoms with van der Waals surface area (Å²) in [4.78, 5) is 35.0. The quantitative estimate of drug-likeness (QED) is 0.311. The van der Waals surface area contributed by atoms with Crippen LogP contribution in [0.1, 0.15) is 37.9 Å². The van der Waals surface area contributed by atoms with Gasteiger partial charge in [-0.3, -0.25) is 14.2 Å². The number of aromatic nitrogens is 1. The molecule has 0 radical (unpaired) electrons. The standard InChI is InChI=1S/C30H32BrN3O5S/c1-7-14-39-23-12-10-20(31)15-19(23)16-25-28(35)34-27(22-17-21(37-5)11-13-24(22)38-6)26(18(4)32-30(34)40-25)29(36)33(8-2)9-3/h7,10-13,15-17,27H,1,8-9,14H2,2-6H3/b25-16+/t27-/m1/s1. The van der Waals surface area contributed by atoms with Crippen LogP contribution in [0, 0.1) is 0 Å². The third-order valence-corrected chi connectivity index (χ3v) is 8.13. The minimum absolute atomic E-state index is 0.178. The van der Waals surface area contributed by atoms with E-state index >= 15 is 0 Å². The number of nitrogens with zero attached hydrogens (tertiary/aromatic N) is 3. The van der Waals surface area contributed by atoms with E-state index in [1.54, 1.807) is 48.0 Å². The van der Waals surface area contributed by atoms with Gasteiger partial charge in [-0.15, -0.1) is 0 Å². The van der Waals surface area contributed by atoms with Gasteiger partial charge in [0.25, 0.3) is 11.5 Å². The Labute approximate surface area is 245 Å². The molecule has 3 aromatic rings. The molecule has 8 nitrogen and oxygen atoms in total. The van der Waals surface area contributed by atoms with Crippen molar-refractivity contribution in [2.45, 2.75) is 26.8 Å². The number of methoxy groups -OCH3 is 2. The molecule has 1 amide bonds. The lowest BCUT2D eigenvalue weighted by Crippen LogP contribution is -2.43. The number of hydrogen-bond acceptors (Lipinski definition) is 7. The van der Waals surface area contributed by atoms with Gasteiger partial charge in [-0.1, -0.05) is 39.9 Å². The number of rotatable bonds is 10. The Kier molecular flexibility index (Phi) is 9.32. The van der Waals surface area contributed by atoms with Crippen LogP contribution in [0.4, 0.5) is 0 Å². The lowest BCUT2D eigenvalue weighted by molar-refractivity contribution is -0.127. The van der Waals surface area contributed by atoms with Crippen LogP contribution < -0.4 is 29.1 Å². The lowest BCUT2D eigenvalue weighted by Gasteiger charge is -2.30. The highest BCUT2D eigenvalue weighted by atomic mass is 79.9. The predicted molar refractivity (Wildman–Crippen MR) is 161 cm³/mol. The van der Waals surface area contributed by atoms with Crippen molar-refractivity contribution in [3.05, 3.63) is 95.6 Å². The van der Waals surface area contributed by atoms with Crippen LogP contribution in [-0.2, 0) is 4.79 Å². The van der Waals surface area contributed by atoms with E-state index in [1.165, 1.54) is 11.3 Å². The van der Waals surface area contributed by atoms with Crippen molar-refractivity contribution in [2.75, 3.05) is 33.9 Å². The van der Waals surface area contributed by atoms with Crippen molar-refractivity contribution >= 4 is 39.2 Å². The first kappa shape index (κ1) is 29.4. The molecule has 10 heteroatoms. The van der Waals surface area contributed by atoms with Crippen LogP contribution in [0.2, 0.25) is 0 Å². The zero-order valence-electron chi connectivity index (χ0n) is 23.2. The van der Waals surface area contributed by atoms with Crippen LogP contribution in [-0.4, -0.2) is 49.3 Å². The highest BCUT2D eigenvalue weighted by Gasteiger charge is 2.36. The summed E-state index contributed by atoms with van der Waals surface area (Å²) < 4.78 is 19.9. The molecule has 2 aromatic carbocycles. The average Bonchev–Trinajstić information content (AvgIpc) is 3.25. The molecule has 0 bridgehead atoms. The van der Waals surface area contributed by atoms with Crippen molar-refractivity contribution < 1.29 is 19.0 Å². The number of likely N-dealkylation sites (N-methyl/N-ethyl adjacent to an activating group) is 1. The van der Waals surface area contributed by atoms with Gasteiger partial charge in [0.05, 0.1) is 30.0 Å². The molecule has 0 saturated heterocycles. The molecule has 0 spiro atoms. The number of allylic oxidation sites excluding steroid dienone is 1. The van der Waals surface area contributed by atoms with Crippen LogP contribution >= 0.6 is 27.3 Å². The van der Waals surface area contributed by atoms with Gasteiger partial charge in [0.1, 0.15) is 29.9 Å². The van der Waals surface area contributed by atoms with Crippen LogP contribution in [0.3, 0.4) is 0 Å². The zero-order valence-corrected chi connectivity index (χ0v) is 25.6. The molecule has 0 N–H and O–H groups in total. The predicted octanol–water partition coefficient (Wildman–Crippen LogP) is 4.45. The first-order valence-electron chi connectivity index (χ1n) is 12.8. The number of ether oxygens (including phenoxy) is 3. The molecular weight excluding hydrogens is 594 g/mol. The molecule has 210 valence electrons. The van der Waals surface area contributed by atoms with Crippen molar-refractivity contribution in [3.8, 4) is 17.2 Å². The van der Waals surface area contributed by atoms with Crippen molar-refractivity contribution in [3.63, 3.8) is 0 Å². The summed E-state index contributed by atoms with van der Waals surface area (Å²) in [6.07, 6.45) is 3.45. The third kappa shape index (κ3) is 5.64. The smallest absolute Gasteiger partial charge is 0.271 e. The highest BCUT2D eigenvalue weighted by molar-refractivity contribution is 9.10. The molecule has 4 rings (SSSR count). The molecule has 0 fully saturated rings. The van der Waals surface area contributed by atoms with Crippen LogP contribution in [0.5, 0.6) is 17.2 Å². The fourth-order valence-corrected chi connectivity index (χ4v) is 6.09. The second kappa shape index (κ2) is 12.7. The summed E-state index contributed by atoms with van der Waals surface area (Å²) in [5, 5.41) is 0. The Morgan fingerprint density at radius 1 is 1.15 bits per heavy atom. The van der Waals surface area contributed by atoms with E-state index < -0.39 is 6.04 Å². The number of carbonyl (C=O) groups is 1. The van der Waals surface area contributed by atoms with Crippen molar-refractivity contribution in [1.82, 2.24) is 9.47 Å². The number of thiazole rings is 1. The largest absolute Gasteiger partial charge is 0.497 e. The van der Waals surface area contributed by atoms with Gasteiger partial charge in [-0.05, 0) is 63.2 Å². The first-order chi connectivity index (χ1) is 19.3. The van der Waals surface area contributed by atoms with Gasteiger partial charge in [0.15, 0.2) is 4.80 Å². The van der Waals surface area contributed by atoms with E-state index in [-0.39, 0.29) is 11.5 Å². The van der Waals surface area contributed by atoms with Gasteiger partial charge in [0.2, 0.25) is 0 Å². The summed E-state index contributed by atoms with van der Waals surface area (Å²) in [5.41, 5.74) is 2.07. The second-order valence-corrected chi connectivity index (χ2v) is 10.9. The van der Waals surface area contributed by atoms with Gasteiger partial charge >= 0.3 is 0 Å². The van der Waals surface area contributed by atoms with Crippen LogP contribution in [0.15, 0.2) is 74.6 Å². The Morgan fingerprint density at radius 2 is 1.88 bits per heavy atom. The maximum absolute atomic E-state index is 14.1. The molecule has 0 unspecified atom stereocenters. The highest BCUT2D eigenvalue weighted by Crippen LogP contribution is 2.38. The summed E-state index contributed by atoms with van der Waals surface area (Å²) in [6.45, 7) is 10.8. The molecule has 0 saturated carbocycles. The molecule has 1 atom stereocenters. The van der Waals surface area contributed by atoms with Gasteiger partial charge < -0.3 is 19.1 Å². The summed E-state index contributed by atoms with van der Waals surface area (Å²) in [5.74, 6) is 1.56. The number of hydrogen-bond donors (Lipinski definition) is 0. The van der Waals surface area contributed by atoms with Gasteiger partial charge in [-0.2, -0.15) is 0 Å². The van der Waals surface area contributed by atoms with E-state index in [2.05, 4.69) is 22.5 Å². The number of halogens is 1. The third-order valence-electron chi connectivity index (χ3n) is 6.65. The number of fused-ring (bicyclic) bond motifs is 1. The monoisotopic (exact) mass is 625 g/mol. The average molecular weight is 627 g/mol. The van der Waals surface area contributed by atoms with Gasteiger partial charge in [0, 0.05) is 28.7 Å². The minimum Gasteiger partial charge on any atom is -0.497 e. The maximum atomic E-state index is 14.1. The van der Waals surface area contributed by atoms with E-state index in [9.17, 15) is 9.59 Å². The number of benzene rings is 2. The van der Waals surface area contributed by atoms with E-state index in [4.69, 9.17) is 19.2 Å². The summed E-state index contributed by atoms with van der Waals surface area (Å²) in [6, 6.07) is 10.2. The fraction of sp³-hybridized carbons (Fsp3) is 0.300. The molecule has 0 aliphatic carbocycles. The van der Waals surface area contributed by atoms with Gasteiger partial charge in [-0.25, -0.2) is 4.99 Å². The summed E-state index contributed by atoms with van der Waals surface area (Å²) in [7, 11) is 3.14. The SMILES string of the molecule is C=CCOc1ccc(Br)cc1/C=c1/sc2n(c1=O)[C@H](c1cc(OC)ccc1OC)C(C(=O)N(CC)CC)=C(C)N=2. The number of amides is 1. The van der Waals surface area contributed by atoms with Crippen molar-refractivity contribution in [1.29, 1.82) is 0 Å². The van der Waals surface area contributed by atoms with Crippen LogP contribution in [0.25, 0.3) is 6.08 Å². The molecule has 1 aliphatic heterocycles. The topological polar surface area (TPSA) is 82.4 Å². The fourth-order valence-electron chi connectivity index (χ4n) is 4.68. The lowest BCUT2D eigenvalue weighted by atomic mass is 9.93. The molecule has 1 aromatic heterocycles. The zero-order chi connectivity index (χ0) is 29.0. The Balaban J connectivity index is 2.02. The maximum Gasteiger partial charge on any atom is 0.271 e. The van der Waals surface area contributed by atoms with E-state index in [0.29, 0.717) is 63.1 Å². The normalized spacial score (nSPS) is 14.8. The second-order valence-electron chi connectivity index (χ2n) is 8.95. The Bertz CT molecular complexity index is 1650. The molecule has 2 heterocycles. The van der Waals surface area contributed by atoms with E-state index in [0.717, 1.165) is 10.0 Å². The molecular formula is C30H32BrN3O5S. The number of carbonyl (C=O) groups excluding carboxylic acids is 1. The summed E-state index contributed by atoms with van der Waals surface area (Å²) >= 11 is 4.77. The Hall–Kier alpha value is -3.63. The molecule has 1 aliphatic rings. The molecule has 40 heavy (non-hydrogen) atoms.